The van der Waals surface area contributed by atoms with E-state index in [2.05, 4.69) is 41.4 Å². The van der Waals surface area contributed by atoms with Gasteiger partial charge >= 0.3 is 0 Å². The van der Waals surface area contributed by atoms with Gasteiger partial charge in [-0.15, -0.1) is 12.4 Å². The third-order valence-corrected chi connectivity index (χ3v) is 4.74. The third kappa shape index (κ3) is 4.93. The van der Waals surface area contributed by atoms with E-state index < -0.39 is 0 Å². The van der Waals surface area contributed by atoms with Crippen LogP contribution in [0.2, 0.25) is 0 Å². The van der Waals surface area contributed by atoms with Gasteiger partial charge in [0.05, 0.1) is 18.8 Å². The van der Waals surface area contributed by atoms with Gasteiger partial charge in [0, 0.05) is 45.7 Å². The minimum atomic E-state index is 0. The predicted octanol–water partition coefficient (Wildman–Crippen LogP) is 1.69. The van der Waals surface area contributed by atoms with E-state index in [1.165, 1.54) is 5.56 Å². The number of carbonyl (C=O) groups is 1. The first-order valence-electron chi connectivity index (χ1n) is 8.63. The Labute approximate surface area is 150 Å². The van der Waals surface area contributed by atoms with Crippen LogP contribution in [-0.2, 0) is 9.53 Å². The van der Waals surface area contributed by atoms with Gasteiger partial charge in [-0.1, -0.05) is 30.3 Å². The van der Waals surface area contributed by atoms with Crippen LogP contribution in [0.5, 0.6) is 0 Å². The Hall–Kier alpha value is -1.14. The Kier molecular flexibility index (Phi) is 7.49. The first-order valence-corrected chi connectivity index (χ1v) is 8.63. The first-order chi connectivity index (χ1) is 11.2. The van der Waals surface area contributed by atoms with Crippen LogP contribution < -0.4 is 5.32 Å². The molecule has 2 heterocycles. The van der Waals surface area contributed by atoms with E-state index in [0.717, 1.165) is 39.3 Å². The largest absolute Gasteiger partial charge is 0.375 e. The van der Waals surface area contributed by atoms with Crippen molar-refractivity contribution in [3.63, 3.8) is 0 Å². The smallest absolute Gasteiger partial charge is 0.223 e. The van der Waals surface area contributed by atoms with Crippen molar-refractivity contribution in [2.75, 3.05) is 45.9 Å². The van der Waals surface area contributed by atoms with Gasteiger partial charge in [0.2, 0.25) is 5.91 Å². The van der Waals surface area contributed by atoms with Crippen molar-refractivity contribution in [3.8, 4) is 0 Å². The zero-order chi connectivity index (χ0) is 16.1. The molecule has 0 bridgehead atoms. The van der Waals surface area contributed by atoms with Gasteiger partial charge in [-0.05, 0) is 12.5 Å². The standard InChI is InChI=1S/C18H27N3O2.ClH/c1-15-13-21(10-7-18(22)20-11-8-19-9-12-20)17(14-23-15)16-5-3-2-4-6-16;/h2-6,15,17,19H,7-14H2,1H3;1H. The minimum absolute atomic E-state index is 0. The highest BCUT2D eigenvalue weighted by molar-refractivity contribution is 5.85. The highest BCUT2D eigenvalue weighted by atomic mass is 35.5. The molecule has 1 aromatic rings. The fourth-order valence-corrected chi connectivity index (χ4v) is 3.41. The molecule has 2 aliphatic heterocycles. The molecule has 1 N–H and O–H groups in total. The number of carbonyl (C=O) groups excluding carboxylic acids is 1. The average Bonchev–Trinajstić information content (AvgIpc) is 2.61. The number of ether oxygens (including phenoxy) is 1. The summed E-state index contributed by atoms with van der Waals surface area (Å²) in [5, 5.41) is 3.29. The second-order valence-electron chi connectivity index (χ2n) is 6.45. The number of hydrogen-bond donors (Lipinski definition) is 1. The number of benzene rings is 1. The van der Waals surface area contributed by atoms with Gasteiger partial charge in [0.25, 0.3) is 0 Å². The van der Waals surface area contributed by atoms with Crippen molar-refractivity contribution in [3.05, 3.63) is 35.9 Å². The summed E-state index contributed by atoms with van der Waals surface area (Å²) in [5.41, 5.74) is 1.27. The van der Waals surface area contributed by atoms with Crippen molar-refractivity contribution in [2.45, 2.75) is 25.5 Å². The van der Waals surface area contributed by atoms with Crippen molar-refractivity contribution < 1.29 is 9.53 Å². The van der Waals surface area contributed by atoms with E-state index in [1.54, 1.807) is 0 Å². The van der Waals surface area contributed by atoms with Crippen molar-refractivity contribution >= 4 is 18.3 Å². The first kappa shape index (κ1) is 19.2. The van der Waals surface area contributed by atoms with E-state index in [-0.39, 0.29) is 30.5 Å². The fraction of sp³-hybridized carbons (Fsp3) is 0.611. The summed E-state index contributed by atoms with van der Waals surface area (Å²) in [7, 11) is 0. The van der Waals surface area contributed by atoms with Gasteiger partial charge < -0.3 is 15.0 Å². The lowest BCUT2D eigenvalue weighted by Crippen LogP contribution is -2.48. The van der Waals surface area contributed by atoms with E-state index in [4.69, 9.17) is 4.74 Å². The van der Waals surface area contributed by atoms with Crippen LogP contribution in [0.4, 0.5) is 0 Å². The Balaban J connectivity index is 0.00000208. The molecule has 2 unspecified atom stereocenters. The molecular formula is C18H28ClN3O2. The molecule has 134 valence electrons. The third-order valence-electron chi connectivity index (χ3n) is 4.74. The number of nitrogens with one attached hydrogen (secondary N) is 1. The highest BCUT2D eigenvalue weighted by Gasteiger charge is 2.28. The van der Waals surface area contributed by atoms with E-state index in [9.17, 15) is 4.79 Å². The maximum absolute atomic E-state index is 12.4. The predicted molar refractivity (Wildman–Crippen MR) is 97.5 cm³/mol. The molecule has 0 radical (unpaired) electrons. The molecule has 3 rings (SSSR count). The topological polar surface area (TPSA) is 44.8 Å². The molecule has 2 fully saturated rings. The molecule has 6 heteroatoms. The maximum Gasteiger partial charge on any atom is 0.223 e. The van der Waals surface area contributed by atoms with E-state index in [1.807, 2.05) is 11.0 Å². The molecule has 2 saturated heterocycles. The SMILES string of the molecule is CC1CN(CCC(=O)N2CCNCC2)C(c2ccccc2)CO1.Cl. The number of morpholine rings is 1. The number of rotatable bonds is 4. The monoisotopic (exact) mass is 353 g/mol. The van der Waals surface area contributed by atoms with Crippen molar-refractivity contribution in [2.24, 2.45) is 0 Å². The lowest BCUT2D eigenvalue weighted by Gasteiger charge is -2.39. The van der Waals surface area contributed by atoms with Gasteiger partial charge in [0.15, 0.2) is 0 Å². The maximum atomic E-state index is 12.4. The Morgan fingerprint density at radius 3 is 2.67 bits per heavy atom. The van der Waals surface area contributed by atoms with Gasteiger partial charge in [-0.2, -0.15) is 0 Å². The Bertz CT molecular complexity index is 508. The molecule has 0 saturated carbocycles. The molecule has 0 aliphatic carbocycles. The molecule has 2 aliphatic rings. The summed E-state index contributed by atoms with van der Waals surface area (Å²) in [6, 6.07) is 10.7. The van der Waals surface area contributed by atoms with Crippen LogP contribution in [0.3, 0.4) is 0 Å². The number of halogens is 1. The molecule has 0 aromatic heterocycles. The van der Waals surface area contributed by atoms with Gasteiger partial charge in [-0.25, -0.2) is 0 Å². The number of piperazine rings is 1. The molecule has 24 heavy (non-hydrogen) atoms. The van der Waals surface area contributed by atoms with E-state index in [0.29, 0.717) is 13.0 Å². The summed E-state index contributed by atoms with van der Waals surface area (Å²) in [6.07, 6.45) is 0.819. The van der Waals surface area contributed by atoms with Gasteiger partial charge in [0.1, 0.15) is 0 Å². The second kappa shape index (κ2) is 9.37. The lowest BCUT2D eigenvalue weighted by atomic mass is 10.0. The van der Waals surface area contributed by atoms with Crippen LogP contribution in [0, 0.1) is 0 Å². The average molecular weight is 354 g/mol. The van der Waals surface area contributed by atoms with Gasteiger partial charge in [-0.3, -0.25) is 9.69 Å². The van der Waals surface area contributed by atoms with Crippen molar-refractivity contribution in [1.29, 1.82) is 0 Å². The summed E-state index contributed by atoms with van der Waals surface area (Å²) in [6.45, 7) is 7.98. The lowest BCUT2D eigenvalue weighted by molar-refractivity contribution is -0.133. The Morgan fingerprint density at radius 1 is 1.25 bits per heavy atom. The molecule has 0 spiro atoms. The molecule has 5 nitrogen and oxygen atoms in total. The minimum Gasteiger partial charge on any atom is -0.375 e. The molecule has 2 atom stereocenters. The zero-order valence-corrected chi connectivity index (χ0v) is 15.1. The normalized spacial score (nSPS) is 25.1. The number of hydrogen-bond acceptors (Lipinski definition) is 4. The van der Waals surface area contributed by atoms with Crippen LogP contribution in [-0.4, -0.2) is 67.7 Å². The van der Waals surface area contributed by atoms with Crippen LogP contribution >= 0.6 is 12.4 Å². The van der Waals surface area contributed by atoms with E-state index >= 15 is 0 Å². The second-order valence-corrected chi connectivity index (χ2v) is 6.45. The fourth-order valence-electron chi connectivity index (χ4n) is 3.41. The van der Waals surface area contributed by atoms with Crippen molar-refractivity contribution in [1.82, 2.24) is 15.1 Å². The number of amides is 1. The molecule has 1 aromatic carbocycles. The summed E-state index contributed by atoms with van der Waals surface area (Å²) < 4.78 is 5.85. The molecular weight excluding hydrogens is 326 g/mol. The summed E-state index contributed by atoms with van der Waals surface area (Å²) in [5.74, 6) is 0.275. The summed E-state index contributed by atoms with van der Waals surface area (Å²) >= 11 is 0. The van der Waals surface area contributed by atoms with Crippen LogP contribution in [0.25, 0.3) is 0 Å². The summed E-state index contributed by atoms with van der Waals surface area (Å²) in [4.78, 5) is 16.8. The highest BCUT2D eigenvalue weighted by Crippen LogP contribution is 2.26. The number of nitrogens with zero attached hydrogens (tertiary/aromatic N) is 2. The Morgan fingerprint density at radius 2 is 1.96 bits per heavy atom. The zero-order valence-electron chi connectivity index (χ0n) is 14.3. The molecule has 1 amide bonds. The van der Waals surface area contributed by atoms with Crippen LogP contribution in [0.15, 0.2) is 30.3 Å². The quantitative estimate of drug-likeness (QED) is 0.894. The van der Waals surface area contributed by atoms with Crippen LogP contribution in [0.1, 0.15) is 24.9 Å².